The maximum Gasteiger partial charge on any atom is 0.305 e. The minimum Gasteiger partial charge on any atom is -0.481 e. The van der Waals surface area contributed by atoms with Crippen LogP contribution in [0.2, 0.25) is 0 Å². The Labute approximate surface area is 117 Å². The average molecular weight is 303 g/mol. The molecule has 0 amide bonds. The Morgan fingerprint density at radius 2 is 2.30 bits per heavy atom. The lowest BCUT2D eigenvalue weighted by molar-refractivity contribution is -0.139. The van der Waals surface area contributed by atoms with Crippen LogP contribution in [0.25, 0.3) is 0 Å². The van der Waals surface area contributed by atoms with E-state index in [9.17, 15) is 13.2 Å². The quantitative estimate of drug-likeness (QED) is 0.811. The summed E-state index contributed by atoms with van der Waals surface area (Å²) in [4.78, 5) is 14.9. The molecule has 1 atom stereocenters. The van der Waals surface area contributed by atoms with Crippen molar-refractivity contribution in [3.63, 3.8) is 0 Å². The first kappa shape index (κ1) is 14.9. The molecular weight excluding hydrogens is 286 g/mol. The van der Waals surface area contributed by atoms with Crippen molar-refractivity contribution in [2.75, 3.05) is 19.8 Å². The molecule has 20 heavy (non-hydrogen) atoms. The number of ether oxygens (including phenoxy) is 1. The van der Waals surface area contributed by atoms with Gasteiger partial charge in [0.1, 0.15) is 5.82 Å². The number of carboxylic acid groups (broad SMARTS) is 1. The van der Waals surface area contributed by atoms with Crippen molar-refractivity contribution < 1.29 is 23.1 Å². The molecule has 1 fully saturated rings. The summed E-state index contributed by atoms with van der Waals surface area (Å²) in [5.74, 6) is -0.482. The van der Waals surface area contributed by atoms with Crippen LogP contribution in [0, 0.1) is 6.92 Å². The summed E-state index contributed by atoms with van der Waals surface area (Å²) in [5.41, 5.74) is 0. The monoisotopic (exact) mass is 303 g/mol. The number of rotatable bonds is 4. The molecule has 1 aliphatic heterocycles. The molecule has 1 aromatic heterocycles. The van der Waals surface area contributed by atoms with Gasteiger partial charge in [0.15, 0.2) is 5.03 Å². The molecule has 0 saturated carbocycles. The zero-order chi connectivity index (χ0) is 14.9. The number of aromatic nitrogens is 2. The third kappa shape index (κ3) is 2.84. The Bertz CT molecular complexity index is 590. The predicted octanol–water partition coefficient (Wildman–Crippen LogP) is -0.407. The molecule has 1 aliphatic rings. The van der Waals surface area contributed by atoms with Crippen LogP contribution in [0.3, 0.4) is 0 Å². The Kier molecular flexibility index (Phi) is 4.11. The number of sulfonamides is 1. The van der Waals surface area contributed by atoms with Crippen molar-refractivity contribution in [2.24, 2.45) is 7.05 Å². The van der Waals surface area contributed by atoms with Crippen molar-refractivity contribution in [3.8, 4) is 0 Å². The summed E-state index contributed by atoms with van der Waals surface area (Å²) >= 11 is 0. The van der Waals surface area contributed by atoms with Gasteiger partial charge in [-0.3, -0.25) is 4.79 Å². The average Bonchev–Trinajstić information content (AvgIpc) is 2.70. The minimum atomic E-state index is -3.80. The van der Waals surface area contributed by atoms with Gasteiger partial charge in [0, 0.05) is 19.8 Å². The highest BCUT2D eigenvalue weighted by Gasteiger charge is 2.36. The van der Waals surface area contributed by atoms with Crippen molar-refractivity contribution in [1.29, 1.82) is 0 Å². The van der Waals surface area contributed by atoms with Gasteiger partial charge < -0.3 is 14.4 Å². The first-order chi connectivity index (χ1) is 9.32. The molecule has 0 spiro atoms. The van der Waals surface area contributed by atoms with E-state index in [1.165, 1.54) is 10.5 Å². The first-order valence-electron chi connectivity index (χ1n) is 6.13. The lowest BCUT2D eigenvalue weighted by atomic mass is 10.2. The van der Waals surface area contributed by atoms with Crippen LogP contribution < -0.4 is 0 Å². The van der Waals surface area contributed by atoms with Crippen LogP contribution >= 0.6 is 0 Å². The number of nitrogens with zero attached hydrogens (tertiary/aromatic N) is 3. The number of hydrogen-bond donors (Lipinski definition) is 1. The summed E-state index contributed by atoms with van der Waals surface area (Å²) in [6.45, 7) is 2.17. The lowest BCUT2D eigenvalue weighted by Crippen LogP contribution is -2.49. The molecule has 112 valence electrons. The molecule has 9 heteroatoms. The van der Waals surface area contributed by atoms with E-state index in [2.05, 4.69) is 4.98 Å². The molecule has 0 radical (unpaired) electrons. The second-order valence-electron chi connectivity index (χ2n) is 4.68. The number of aliphatic carboxylic acids is 1. The van der Waals surface area contributed by atoms with Crippen molar-refractivity contribution >= 4 is 16.0 Å². The van der Waals surface area contributed by atoms with E-state index in [4.69, 9.17) is 9.84 Å². The summed E-state index contributed by atoms with van der Waals surface area (Å²) in [6.07, 6.45) is 1.14. The Morgan fingerprint density at radius 1 is 1.60 bits per heavy atom. The fourth-order valence-electron chi connectivity index (χ4n) is 2.09. The third-order valence-electron chi connectivity index (χ3n) is 3.24. The van der Waals surface area contributed by atoms with Gasteiger partial charge in [-0.1, -0.05) is 0 Å². The molecule has 2 heterocycles. The molecule has 0 unspecified atom stereocenters. The lowest BCUT2D eigenvalue weighted by Gasteiger charge is -2.33. The summed E-state index contributed by atoms with van der Waals surface area (Å²) in [7, 11) is -2.10. The number of aryl methyl sites for hydroxylation is 2. The van der Waals surface area contributed by atoms with Crippen LogP contribution in [-0.4, -0.2) is 59.2 Å². The standard InChI is InChI=1S/C11H17N3O5S/c1-8-12-10(6-13(8)2)20(17,18)14-3-4-19-7-9(14)5-11(15)16/h6,9H,3-5,7H2,1-2H3,(H,15,16)/t9-/m1/s1. The Hall–Kier alpha value is -1.45. The zero-order valence-corrected chi connectivity index (χ0v) is 12.1. The van der Waals surface area contributed by atoms with Gasteiger partial charge in [-0.25, -0.2) is 13.4 Å². The van der Waals surface area contributed by atoms with Gasteiger partial charge in [-0.2, -0.15) is 4.31 Å². The predicted molar refractivity (Wildman–Crippen MR) is 68.7 cm³/mol. The fourth-order valence-corrected chi connectivity index (χ4v) is 3.71. The van der Waals surface area contributed by atoms with E-state index in [1.54, 1.807) is 18.5 Å². The molecular formula is C11H17N3O5S. The van der Waals surface area contributed by atoms with E-state index in [0.29, 0.717) is 5.82 Å². The van der Waals surface area contributed by atoms with Gasteiger partial charge in [0.25, 0.3) is 10.0 Å². The Morgan fingerprint density at radius 3 is 2.85 bits per heavy atom. The normalized spacial score (nSPS) is 21.0. The number of morpholine rings is 1. The second kappa shape index (κ2) is 5.51. The van der Waals surface area contributed by atoms with Crippen LogP contribution in [0.15, 0.2) is 11.2 Å². The number of imidazole rings is 1. The third-order valence-corrected chi connectivity index (χ3v) is 5.07. The highest BCUT2D eigenvalue weighted by molar-refractivity contribution is 7.89. The molecule has 0 aliphatic carbocycles. The molecule has 1 aromatic rings. The smallest absolute Gasteiger partial charge is 0.305 e. The van der Waals surface area contributed by atoms with Crippen molar-refractivity contribution in [1.82, 2.24) is 13.9 Å². The van der Waals surface area contributed by atoms with E-state index in [-0.39, 0.29) is 31.2 Å². The maximum atomic E-state index is 12.5. The van der Waals surface area contributed by atoms with Crippen LogP contribution in [-0.2, 0) is 26.6 Å². The highest BCUT2D eigenvalue weighted by atomic mass is 32.2. The number of carboxylic acids is 1. The fraction of sp³-hybridized carbons (Fsp3) is 0.636. The van der Waals surface area contributed by atoms with Gasteiger partial charge in [0.2, 0.25) is 0 Å². The van der Waals surface area contributed by atoms with E-state index >= 15 is 0 Å². The van der Waals surface area contributed by atoms with Gasteiger partial charge in [-0.15, -0.1) is 0 Å². The Balaban J connectivity index is 2.32. The number of carbonyl (C=O) groups is 1. The molecule has 2 rings (SSSR count). The molecule has 0 aromatic carbocycles. The van der Waals surface area contributed by atoms with Gasteiger partial charge >= 0.3 is 5.97 Å². The largest absolute Gasteiger partial charge is 0.481 e. The minimum absolute atomic E-state index is 0.0604. The van der Waals surface area contributed by atoms with Crippen LogP contribution in [0.5, 0.6) is 0 Å². The number of hydrogen-bond acceptors (Lipinski definition) is 5. The summed E-state index contributed by atoms with van der Waals surface area (Å²) < 4.78 is 33.1. The van der Waals surface area contributed by atoms with Gasteiger partial charge in [-0.05, 0) is 6.92 Å². The van der Waals surface area contributed by atoms with Crippen molar-refractivity contribution in [3.05, 3.63) is 12.0 Å². The highest BCUT2D eigenvalue weighted by Crippen LogP contribution is 2.21. The molecule has 1 N–H and O–H groups in total. The van der Waals surface area contributed by atoms with E-state index in [0.717, 1.165) is 0 Å². The summed E-state index contributed by atoms with van der Waals surface area (Å²) in [6, 6.07) is -0.700. The maximum absolute atomic E-state index is 12.5. The van der Waals surface area contributed by atoms with E-state index in [1.807, 2.05) is 0 Å². The topological polar surface area (TPSA) is 102 Å². The van der Waals surface area contributed by atoms with E-state index < -0.39 is 22.0 Å². The SMILES string of the molecule is Cc1nc(S(=O)(=O)N2CCOC[C@H]2CC(=O)O)cn1C. The zero-order valence-electron chi connectivity index (χ0n) is 11.3. The summed E-state index contributed by atoms with van der Waals surface area (Å²) in [5, 5.41) is 8.81. The molecule has 8 nitrogen and oxygen atoms in total. The second-order valence-corrected chi connectivity index (χ2v) is 6.52. The molecule has 1 saturated heterocycles. The van der Waals surface area contributed by atoms with Gasteiger partial charge in [0.05, 0.1) is 25.7 Å². The van der Waals surface area contributed by atoms with Crippen molar-refractivity contribution in [2.45, 2.75) is 24.4 Å². The molecule has 0 bridgehead atoms. The van der Waals surface area contributed by atoms with Crippen LogP contribution in [0.4, 0.5) is 0 Å². The first-order valence-corrected chi connectivity index (χ1v) is 7.57. The van der Waals surface area contributed by atoms with Crippen LogP contribution in [0.1, 0.15) is 12.2 Å².